The first-order valence-corrected chi connectivity index (χ1v) is 4.69. The third-order valence-corrected chi connectivity index (χ3v) is 2.12. The van der Waals surface area contributed by atoms with E-state index in [1.54, 1.807) is 0 Å². The number of ether oxygens (including phenoxy) is 1. The Kier molecular flexibility index (Phi) is 3.35. The fourth-order valence-corrected chi connectivity index (χ4v) is 1.47. The summed E-state index contributed by atoms with van der Waals surface area (Å²) < 4.78 is 5.51. The highest BCUT2D eigenvalue weighted by Gasteiger charge is 2.07. The predicted molar refractivity (Wildman–Crippen MR) is 56.0 cm³/mol. The summed E-state index contributed by atoms with van der Waals surface area (Å²) in [5, 5.41) is 0. The highest BCUT2D eigenvalue weighted by molar-refractivity contribution is 5.44. The lowest BCUT2D eigenvalue weighted by atomic mass is 9.97. The molecular weight excluding hydrogens is 160 g/mol. The summed E-state index contributed by atoms with van der Waals surface area (Å²) in [5.74, 6) is 2.33. The Balaban J connectivity index is 3.03. The summed E-state index contributed by atoms with van der Waals surface area (Å²) in [4.78, 5) is 0. The predicted octanol–water partition coefficient (Wildman–Crippen LogP) is 3.36. The highest BCUT2D eigenvalue weighted by Crippen LogP contribution is 2.26. The van der Waals surface area contributed by atoms with E-state index >= 15 is 0 Å². The Hall–Kier alpha value is -0.980. The first kappa shape index (κ1) is 10.1. The van der Waals surface area contributed by atoms with E-state index in [0.717, 1.165) is 12.4 Å². The van der Waals surface area contributed by atoms with E-state index in [9.17, 15) is 0 Å². The molecule has 1 aromatic rings. The van der Waals surface area contributed by atoms with Gasteiger partial charge in [0.05, 0.1) is 6.61 Å². The van der Waals surface area contributed by atoms with Crippen LogP contribution in [0, 0.1) is 12.8 Å². The summed E-state index contributed by atoms with van der Waals surface area (Å²) >= 11 is 0. The van der Waals surface area contributed by atoms with Gasteiger partial charge in [-0.3, -0.25) is 0 Å². The second kappa shape index (κ2) is 4.31. The van der Waals surface area contributed by atoms with Gasteiger partial charge in [-0.05, 0) is 37.0 Å². The van der Waals surface area contributed by atoms with Crippen LogP contribution in [0.2, 0.25) is 0 Å². The summed E-state index contributed by atoms with van der Waals surface area (Å²) in [5.41, 5.74) is 2.54. The molecule has 0 amide bonds. The Morgan fingerprint density at radius 1 is 1.31 bits per heavy atom. The molecule has 0 fully saturated rings. The zero-order chi connectivity index (χ0) is 9.84. The van der Waals surface area contributed by atoms with Crippen molar-refractivity contribution in [3.8, 4) is 5.75 Å². The molecule has 0 unspecified atom stereocenters. The van der Waals surface area contributed by atoms with E-state index < -0.39 is 0 Å². The minimum Gasteiger partial charge on any atom is -0.494 e. The molecule has 0 heterocycles. The second-order valence-electron chi connectivity index (χ2n) is 3.36. The van der Waals surface area contributed by atoms with Crippen LogP contribution < -0.4 is 4.74 Å². The largest absolute Gasteiger partial charge is 0.494 e. The van der Waals surface area contributed by atoms with Crippen molar-refractivity contribution in [1.82, 2.24) is 0 Å². The monoisotopic (exact) mass is 177 g/mol. The fourth-order valence-electron chi connectivity index (χ4n) is 1.47. The van der Waals surface area contributed by atoms with Crippen LogP contribution in [0.5, 0.6) is 5.75 Å². The minimum absolute atomic E-state index is 0.729. The normalized spacial score (nSPS) is 10.5. The molecule has 1 heteroatoms. The van der Waals surface area contributed by atoms with E-state index in [1.807, 2.05) is 19.1 Å². The third-order valence-electron chi connectivity index (χ3n) is 2.12. The van der Waals surface area contributed by atoms with Crippen molar-refractivity contribution in [3.63, 3.8) is 0 Å². The number of rotatable bonds is 3. The zero-order valence-electron chi connectivity index (χ0n) is 8.85. The average molecular weight is 177 g/mol. The number of hydrogen-bond acceptors (Lipinski definition) is 1. The van der Waals surface area contributed by atoms with E-state index in [0.29, 0.717) is 0 Å². The van der Waals surface area contributed by atoms with Crippen molar-refractivity contribution < 1.29 is 4.74 Å². The second-order valence-corrected chi connectivity index (χ2v) is 3.36. The summed E-state index contributed by atoms with van der Waals surface area (Å²) in [6.07, 6.45) is 0. The molecule has 0 aliphatic heterocycles. The van der Waals surface area contributed by atoms with Gasteiger partial charge in [0.1, 0.15) is 5.75 Å². The quantitative estimate of drug-likeness (QED) is 0.688. The Morgan fingerprint density at radius 3 is 2.54 bits per heavy atom. The van der Waals surface area contributed by atoms with Crippen LogP contribution in [0.25, 0.3) is 0 Å². The maximum atomic E-state index is 5.51. The molecule has 0 saturated carbocycles. The van der Waals surface area contributed by atoms with Crippen molar-refractivity contribution in [3.05, 3.63) is 35.2 Å². The molecule has 0 aliphatic carbocycles. The van der Waals surface area contributed by atoms with Crippen LogP contribution >= 0.6 is 0 Å². The van der Waals surface area contributed by atoms with Gasteiger partial charge < -0.3 is 4.74 Å². The molecule has 0 atom stereocenters. The summed E-state index contributed by atoms with van der Waals surface area (Å²) in [6.45, 7) is 9.09. The van der Waals surface area contributed by atoms with Crippen LogP contribution in [-0.2, 0) is 0 Å². The molecule has 0 spiro atoms. The first-order chi connectivity index (χ1) is 6.16. The van der Waals surface area contributed by atoms with Gasteiger partial charge in [0.15, 0.2) is 0 Å². The minimum atomic E-state index is 0.729. The van der Waals surface area contributed by atoms with Gasteiger partial charge in [0, 0.05) is 0 Å². The Morgan fingerprint density at radius 2 is 2.00 bits per heavy atom. The standard InChI is InChI=1S/C12H17O/c1-5-13-12-8-6-7-11(9(2)3)10(12)4/h6-8H,5H2,1-4H3. The molecule has 13 heavy (non-hydrogen) atoms. The van der Waals surface area contributed by atoms with Crippen molar-refractivity contribution in [1.29, 1.82) is 0 Å². The molecule has 0 aromatic heterocycles. The van der Waals surface area contributed by atoms with Gasteiger partial charge >= 0.3 is 0 Å². The van der Waals surface area contributed by atoms with Crippen molar-refractivity contribution >= 4 is 0 Å². The van der Waals surface area contributed by atoms with Gasteiger partial charge in [0.25, 0.3) is 0 Å². The van der Waals surface area contributed by atoms with Gasteiger partial charge in [0.2, 0.25) is 0 Å². The maximum Gasteiger partial charge on any atom is 0.122 e. The van der Waals surface area contributed by atoms with Crippen LogP contribution in [0.1, 0.15) is 31.9 Å². The SMILES string of the molecule is CCOc1cccc([C](C)C)c1C. The zero-order valence-corrected chi connectivity index (χ0v) is 8.85. The number of benzene rings is 1. The molecule has 0 aliphatic rings. The molecule has 0 bridgehead atoms. The Labute approximate surface area is 80.7 Å². The van der Waals surface area contributed by atoms with Crippen LogP contribution in [0.3, 0.4) is 0 Å². The van der Waals surface area contributed by atoms with Crippen molar-refractivity contribution in [2.45, 2.75) is 27.7 Å². The smallest absolute Gasteiger partial charge is 0.122 e. The van der Waals surface area contributed by atoms with Crippen molar-refractivity contribution in [2.75, 3.05) is 6.61 Å². The van der Waals surface area contributed by atoms with Gasteiger partial charge in [-0.25, -0.2) is 0 Å². The molecule has 1 rings (SSSR count). The molecule has 1 radical (unpaired) electrons. The van der Waals surface area contributed by atoms with Crippen molar-refractivity contribution in [2.24, 2.45) is 0 Å². The topological polar surface area (TPSA) is 9.23 Å². The lowest BCUT2D eigenvalue weighted by molar-refractivity contribution is 0.337. The van der Waals surface area contributed by atoms with Gasteiger partial charge in [-0.1, -0.05) is 26.0 Å². The average Bonchev–Trinajstić information content (AvgIpc) is 2.08. The Bertz CT molecular complexity index is 276. The molecular formula is C12H17O. The molecule has 1 aromatic carbocycles. The lowest BCUT2D eigenvalue weighted by Crippen LogP contribution is -1.98. The van der Waals surface area contributed by atoms with Gasteiger partial charge in [-0.2, -0.15) is 0 Å². The fraction of sp³-hybridized carbons (Fsp3) is 0.417. The van der Waals surface area contributed by atoms with Crippen LogP contribution in [0.4, 0.5) is 0 Å². The summed E-state index contributed by atoms with van der Waals surface area (Å²) in [7, 11) is 0. The molecule has 71 valence electrons. The molecule has 0 saturated heterocycles. The van der Waals surface area contributed by atoms with E-state index in [-0.39, 0.29) is 0 Å². The van der Waals surface area contributed by atoms with E-state index in [2.05, 4.69) is 26.8 Å². The lowest BCUT2D eigenvalue weighted by Gasteiger charge is -2.13. The van der Waals surface area contributed by atoms with E-state index in [1.165, 1.54) is 17.0 Å². The third kappa shape index (κ3) is 2.24. The number of hydrogen-bond donors (Lipinski definition) is 0. The first-order valence-electron chi connectivity index (χ1n) is 4.69. The summed E-state index contributed by atoms with van der Waals surface area (Å²) in [6, 6.07) is 6.19. The van der Waals surface area contributed by atoms with Crippen LogP contribution in [-0.4, -0.2) is 6.61 Å². The van der Waals surface area contributed by atoms with Crippen LogP contribution in [0.15, 0.2) is 18.2 Å². The maximum absolute atomic E-state index is 5.51. The van der Waals surface area contributed by atoms with E-state index in [4.69, 9.17) is 4.74 Å². The van der Waals surface area contributed by atoms with Gasteiger partial charge in [-0.15, -0.1) is 0 Å². The molecule has 1 nitrogen and oxygen atoms in total. The highest BCUT2D eigenvalue weighted by atomic mass is 16.5. The molecule has 0 N–H and O–H groups in total.